The van der Waals surface area contributed by atoms with Gasteiger partial charge in [0.2, 0.25) is 0 Å². The lowest BCUT2D eigenvalue weighted by Crippen LogP contribution is -2.15. The van der Waals surface area contributed by atoms with Gasteiger partial charge in [0, 0.05) is 38.4 Å². The standard InChI is InChI=1S/C12H19N5.ClH/c1-9-5-12(17(4)15-9)8-13-6-11-7-14-16(3)10(11)2;/h5,7,13H,6,8H2,1-4H3;1H. The van der Waals surface area contributed by atoms with Crippen molar-refractivity contribution in [3.8, 4) is 0 Å². The van der Waals surface area contributed by atoms with E-state index in [0.29, 0.717) is 0 Å². The molecule has 0 aromatic carbocycles. The Hall–Kier alpha value is -1.33. The Bertz CT molecular complexity index is 513. The van der Waals surface area contributed by atoms with Crippen molar-refractivity contribution in [1.82, 2.24) is 24.9 Å². The quantitative estimate of drug-likeness (QED) is 0.915. The maximum atomic E-state index is 4.32. The van der Waals surface area contributed by atoms with E-state index in [0.717, 1.165) is 18.8 Å². The first-order chi connectivity index (χ1) is 8.08. The Kier molecular flexibility index (Phi) is 4.93. The predicted octanol–water partition coefficient (Wildman–Crippen LogP) is 1.48. The molecule has 2 heterocycles. The van der Waals surface area contributed by atoms with Crippen molar-refractivity contribution in [3.63, 3.8) is 0 Å². The van der Waals surface area contributed by atoms with Crippen molar-refractivity contribution in [1.29, 1.82) is 0 Å². The molecule has 1 N–H and O–H groups in total. The summed E-state index contributed by atoms with van der Waals surface area (Å²) in [7, 11) is 3.93. The second kappa shape index (κ2) is 6.02. The van der Waals surface area contributed by atoms with Gasteiger partial charge in [-0.05, 0) is 19.9 Å². The maximum absolute atomic E-state index is 4.32. The number of hydrogen-bond acceptors (Lipinski definition) is 3. The Morgan fingerprint density at radius 1 is 1.17 bits per heavy atom. The van der Waals surface area contributed by atoms with Crippen LogP contribution in [0.1, 0.15) is 22.6 Å². The topological polar surface area (TPSA) is 47.7 Å². The van der Waals surface area contributed by atoms with E-state index in [-0.39, 0.29) is 12.4 Å². The van der Waals surface area contributed by atoms with Crippen molar-refractivity contribution in [2.45, 2.75) is 26.9 Å². The Balaban J connectivity index is 0.00000162. The molecule has 0 aliphatic carbocycles. The lowest BCUT2D eigenvalue weighted by Gasteiger charge is -2.04. The molecule has 2 rings (SSSR count). The maximum Gasteiger partial charge on any atom is 0.0597 e. The number of hydrogen-bond donors (Lipinski definition) is 1. The highest BCUT2D eigenvalue weighted by atomic mass is 35.5. The number of nitrogens with one attached hydrogen (secondary N) is 1. The molecule has 0 radical (unpaired) electrons. The summed E-state index contributed by atoms with van der Waals surface area (Å²) in [6, 6.07) is 2.10. The minimum atomic E-state index is 0. The fourth-order valence-corrected chi connectivity index (χ4v) is 1.87. The second-order valence-corrected chi connectivity index (χ2v) is 4.38. The fourth-order valence-electron chi connectivity index (χ4n) is 1.87. The number of halogens is 1. The van der Waals surface area contributed by atoms with Gasteiger partial charge in [-0.15, -0.1) is 12.4 Å². The van der Waals surface area contributed by atoms with Gasteiger partial charge < -0.3 is 5.32 Å². The smallest absolute Gasteiger partial charge is 0.0597 e. The lowest BCUT2D eigenvalue weighted by molar-refractivity contribution is 0.622. The summed E-state index contributed by atoms with van der Waals surface area (Å²) in [5, 5.41) is 12.0. The fraction of sp³-hybridized carbons (Fsp3) is 0.500. The van der Waals surface area contributed by atoms with Gasteiger partial charge in [0.25, 0.3) is 0 Å². The minimum absolute atomic E-state index is 0. The summed E-state index contributed by atoms with van der Waals surface area (Å²) in [6.07, 6.45) is 1.91. The molecule has 6 heteroatoms. The SMILES string of the molecule is Cc1cc(CNCc2cnn(C)c2C)n(C)n1.Cl. The van der Waals surface area contributed by atoms with E-state index in [1.54, 1.807) is 0 Å². The van der Waals surface area contributed by atoms with Crippen molar-refractivity contribution >= 4 is 12.4 Å². The summed E-state index contributed by atoms with van der Waals surface area (Å²) in [5.74, 6) is 0. The summed E-state index contributed by atoms with van der Waals surface area (Å²) in [5.41, 5.74) is 4.70. The molecular formula is C12H20ClN5. The van der Waals surface area contributed by atoms with Crippen LogP contribution in [-0.2, 0) is 27.2 Å². The minimum Gasteiger partial charge on any atom is -0.307 e. The summed E-state index contributed by atoms with van der Waals surface area (Å²) >= 11 is 0. The highest BCUT2D eigenvalue weighted by Crippen LogP contribution is 2.06. The normalized spacial score (nSPS) is 10.4. The van der Waals surface area contributed by atoms with Gasteiger partial charge in [-0.1, -0.05) is 0 Å². The van der Waals surface area contributed by atoms with Crippen LogP contribution in [-0.4, -0.2) is 19.6 Å². The van der Waals surface area contributed by atoms with E-state index in [4.69, 9.17) is 0 Å². The van der Waals surface area contributed by atoms with Gasteiger partial charge >= 0.3 is 0 Å². The van der Waals surface area contributed by atoms with E-state index in [1.165, 1.54) is 17.0 Å². The van der Waals surface area contributed by atoms with E-state index in [1.807, 2.05) is 36.6 Å². The Morgan fingerprint density at radius 2 is 1.89 bits per heavy atom. The molecule has 0 spiro atoms. The largest absolute Gasteiger partial charge is 0.307 e. The first-order valence-electron chi connectivity index (χ1n) is 5.75. The van der Waals surface area contributed by atoms with Crippen LogP contribution in [0.4, 0.5) is 0 Å². The van der Waals surface area contributed by atoms with E-state index in [2.05, 4.69) is 28.5 Å². The molecule has 0 amide bonds. The zero-order valence-corrected chi connectivity index (χ0v) is 12.1. The van der Waals surface area contributed by atoms with Crippen LogP contribution in [0, 0.1) is 13.8 Å². The zero-order valence-electron chi connectivity index (χ0n) is 11.3. The second-order valence-electron chi connectivity index (χ2n) is 4.38. The predicted molar refractivity (Wildman–Crippen MR) is 73.7 cm³/mol. The van der Waals surface area contributed by atoms with Gasteiger partial charge in [0.05, 0.1) is 17.6 Å². The molecule has 0 atom stereocenters. The summed E-state index contributed by atoms with van der Waals surface area (Å²) in [4.78, 5) is 0. The van der Waals surface area contributed by atoms with Crippen LogP contribution in [0.2, 0.25) is 0 Å². The molecule has 2 aromatic heterocycles. The van der Waals surface area contributed by atoms with E-state index in [9.17, 15) is 0 Å². The van der Waals surface area contributed by atoms with Gasteiger partial charge in [0.1, 0.15) is 0 Å². The van der Waals surface area contributed by atoms with Crippen LogP contribution in [0.25, 0.3) is 0 Å². The van der Waals surface area contributed by atoms with Crippen LogP contribution in [0.5, 0.6) is 0 Å². The van der Waals surface area contributed by atoms with Crippen molar-refractivity contribution in [3.05, 3.63) is 34.9 Å². The van der Waals surface area contributed by atoms with E-state index < -0.39 is 0 Å². The molecule has 0 unspecified atom stereocenters. The molecule has 5 nitrogen and oxygen atoms in total. The molecule has 2 aromatic rings. The molecule has 18 heavy (non-hydrogen) atoms. The number of nitrogens with zero attached hydrogens (tertiary/aromatic N) is 4. The first kappa shape index (κ1) is 14.7. The number of rotatable bonds is 4. The summed E-state index contributed by atoms with van der Waals surface area (Å²) in [6.45, 7) is 5.75. The van der Waals surface area contributed by atoms with Crippen LogP contribution < -0.4 is 5.32 Å². The third kappa shape index (κ3) is 3.11. The van der Waals surface area contributed by atoms with Crippen molar-refractivity contribution in [2.75, 3.05) is 0 Å². The van der Waals surface area contributed by atoms with Crippen LogP contribution >= 0.6 is 12.4 Å². The van der Waals surface area contributed by atoms with E-state index >= 15 is 0 Å². The van der Waals surface area contributed by atoms with Crippen molar-refractivity contribution < 1.29 is 0 Å². The molecule has 100 valence electrons. The average Bonchev–Trinajstić information content (AvgIpc) is 2.75. The molecule has 0 fully saturated rings. The molecule has 0 aliphatic heterocycles. The van der Waals surface area contributed by atoms with Gasteiger partial charge in [-0.25, -0.2) is 0 Å². The third-order valence-corrected chi connectivity index (χ3v) is 3.06. The zero-order chi connectivity index (χ0) is 12.4. The molecule has 0 aliphatic rings. The highest BCUT2D eigenvalue weighted by Gasteiger charge is 2.04. The first-order valence-corrected chi connectivity index (χ1v) is 5.75. The Labute approximate surface area is 114 Å². The van der Waals surface area contributed by atoms with Gasteiger partial charge in [-0.2, -0.15) is 10.2 Å². The lowest BCUT2D eigenvalue weighted by atomic mass is 10.2. The average molecular weight is 270 g/mol. The molecule has 0 saturated heterocycles. The highest BCUT2D eigenvalue weighted by molar-refractivity contribution is 5.85. The molecule has 0 bridgehead atoms. The Morgan fingerprint density at radius 3 is 2.39 bits per heavy atom. The van der Waals surface area contributed by atoms with Gasteiger partial charge in [-0.3, -0.25) is 9.36 Å². The third-order valence-electron chi connectivity index (χ3n) is 3.06. The van der Waals surface area contributed by atoms with Crippen LogP contribution in [0.3, 0.4) is 0 Å². The monoisotopic (exact) mass is 269 g/mol. The summed E-state index contributed by atoms with van der Waals surface area (Å²) < 4.78 is 3.81. The van der Waals surface area contributed by atoms with Crippen molar-refractivity contribution in [2.24, 2.45) is 14.1 Å². The molecule has 0 saturated carbocycles. The van der Waals surface area contributed by atoms with Gasteiger partial charge in [0.15, 0.2) is 0 Å². The number of aromatic nitrogens is 4. The molecular weight excluding hydrogens is 250 g/mol. The number of aryl methyl sites for hydroxylation is 3. The van der Waals surface area contributed by atoms with Crippen LogP contribution in [0.15, 0.2) is 12.3 Å².